The van der Waals surface area contributed by atoms with Crippen LogP contribution in [0, 0.1) is 5.41 Å². The number of amides is 2. The van der Waals surface area contributed by atoms with Crippen molar-refractivity contribution in [2.45, 2.75) is 82.6 Å². The third kappa shape index (κ3) is 5.13. The Labute approximate surface area is 232 Å². The van der Waals surface area contributed by atoms with Gasteiger partial charge in [-0.25, -0.2) is 4.52 Å². The largest absolute Gasteiger partial charge is 0.489 e. The first-order chi connectivity index (χ1) is 19.0. The standard InChI is InChI=1S/C28H37N7O5/c1-27(2,38)15-39-22-6-5-21-19(13-31-35(21)23(22)16-3-4-16)25(37)32-17-9-28(10-17)11-18(12-28)40-26-20(24(30)36)14-34(33-26)8-7-29/h5-6,13-14,16-18,38H,3-4,7-12,15,29H2,1-2H3,(H2,30,36)(H,32,37). The molecule has 0 radical (unpaired) electrons. The number of pyridine rings is 1. The number of rotatable bonds is 11. The van der Waals surface area contributed by atoms with Gasteiger partial charge in [-0.2, -0.15) is 5.10 Å². The lowest BCUT2D eigenvalue weighted by Gasteiger charge is -2.57. The van der Waals surface area contributed by atoms with Crippen LogP contribution in [0.4, 0.5) is 0 Å². The minimum absolute atomic E-state index is 0.0377. The molecule has 6 rings (SSSR count). The Balaban J connectivity index is 1.06. The summed E-state index contributed by atoms with van der Waals surface area (Å²) in [7, 11) is 0. The zero-order chi connectivity index (χ0) is 28.2. The lowest BCUT2D eigenvalue weighted by molar-refractivity contribution is -0.0849. The molecule has 0 aromatic carbocycles. The second-order valence-corrected chi connectivity index (χ2v) is 12.3. The van der Waals surface area contributed by atoms with Crippen molar-refractivity contribution in [2.24, 2.45) is 16.9 Å². The average molecular weight is 552 g/mol. The molecule has 0 bridgehead atoms. The summed E-state index contributed by atoms with van der Waals surface area (Å²) < 4.78 is 15.3. The maximum atomic E-state index is 13.2. The van der Waals surface area contributed by atoms with Crippen molar-refractivity contribution >= 4 is 17.3 Å². The molecular formula is C28H37N7O5. The molecule has 12 heteroatoms. The van der Waals surface area contributed by atoms with Crippen molar-refractivity contribution in [1.29, 1.82) is 0 Å². The van der Waals surface area contributed by atoms with Crippen molar-refractivity contribution in [2.75, 3.05) is 13.2 Å². The fourth-order valence-corrected chi connectivity index (χ4v) is 6.07. The van der Waals surface area contributed by atoms with Crippen LogP contribution in [0.2, 0.25) is 0 Å². The van der Waals surface area contributed by atoms with Gasteiger partial charge in [-0.15, -0.1) is 5.10 Å². The summed E-state index contributed by atoms with van der Waals surface area (Å²) in [5.74, 6) is 0.588. The van der Waals surface area contributed by atoms with Crippen LogP contribution in [0.3, 0.4) is 0 Å². The molecule has 3 aliphatic carbocycles. The van der Waals surface area contributed by atoms with E-state index >= 15 is 0 Å². The van der Waals surface area contributed by atoms with Crippen LogP contribution in [0.15, 0.2) is 24.5 Å². The van der Waals surface area contributed by atoms with Gasteiger partial charge in [0, 0.05) is 24.7 Å². The maximum absolute atomic E-state index is 13.2. The third-order valence-corrected chi connectivity index (χ3v) is 8.11. The van der Waals surface area contributed by atoms with Crippen LogP contribution in [0.25, 0.3) is 5.52 Å². The molecule has 6 N–H and O–H groups in total. The Hall–Kier alpha value is -3.64. The zero-order valence-electron chi connectivity index (χ0n) is 22.9. The number of fused-ring (bicyclic) bond motifs is 1. The molecule has 3 fully saturated rings. The van der Waals surface area contributed by atoms with Gasteiger partial charge >= 0.3 is 0 Å². The smallest absolute Gasteiger partial charge is 0.255 e. The Morgan fingerprint density at radius 3 is 2.60 bits per heavy atom. The van der Waals surface area contributed by atoms with E-state index in [4.69, 9.17) is 20.9 Å². The molecule has 0 saturated heterocycles. The summed E-state index contributed by atoms with van der Waals surface area (Å²) in [6.07, 6.45) is 8.70. The fourth-order valence-electron chi connectivity index (χ4n) is 6.07. The zero-order valence-corrected chi connectivity index (χ0v) is 22.9. The molecule has 0 atom stereocenters. The van der Waals surface area contributed by atoms with Crippen molar-refractivity contribution < 1.29 is 24.2 Å². The summed E-state index contributed by atoms with van der Waals surface area (Å²) in [4.78, 5) is 25.0. The number of hydrogen-bond donors (Lipinski definition) is 4. The highest BCUT2D eigenvalue weighted by atomic mass is 16.5. The second-order valence-electron chi connectivity index (χ2n) is 12.3. The van der Waals surface area contributed by atoms with Gasteiger partial charge in [0.2, 0.25) is 5.88 Å². The van der Waals surface area contributed by atoms with E-state index in [0.717, 1.165) is 49.7 Å². The normalized spacial score (nSPS) is 24.0. The molecule has 2 amide bonds. The van der Waals surface area contributed by atoms with E-state index in [0.29, 0.717) is 30.3 Å². The number of aromatic nitrogens is 4. The highest BCUT2D eigenvalue weighted by Crippen LogP contribution is 2.57. The minimum Gasteiger partial charge on any atom is -0.489 e. The van der Waals surface area contributed by atoms with E-state index in [2.05, 4.69) is 15.5 Å². The topological polar surface area (TPSA) is 172 Å². The summed E-state index contributed by atoms with van der Waals surface area (Å²) >= 11 is 0. The van der Waals surface area contributed by atoms with Gasteiger partial charge in [0.1, 0.15) is 24.0 Å². The number of carbonyl (C=O) groups excluding carboxylic acids is 2. The molecule has 40 heavy (non-hydrogen) atoms. The minimum atomic E-state index is -0.947. The van der Waals surface area contributed by atoms with Gasteiger partial charge in [-0.1, -0.05) is 0 Å². The molecule has 12 nitrogen and oxygen atoms in total. The van der Waals surface area contributed by atoms with Gasteiger partial charge in [0.25, 0.3) is 11.8 Å². The molecule has 3 saturated carbocycles. The molecule has 0 aliphatic heterocycles. The highest BCUT2D eigenvalue weighted by Gasteiger charge is 2.54. The summed E-state index contributed by atoms with van der Waals surface area (Å²) in [5, 5.41) is 22.1. The maximum Gasteiger partial charge on any atom is 0.255 e. The Bertz CT molecular complexity index is 1440. The van der Waals surface area contributed by atoms with Crippen molar-refractivity contribution in [3.05, 3.63) is 41.3 Å². The number of carbonyl (C=O) groups is 2. The van der Waals surface area contributed by atoms with E-state index in [-0.39, 0.29) is 41.5 Å². The number of nitrogens with two attached hydrogens (primary N) is 2. The molecular weight excluding hydrogens is 514 g/mol. The molecule has 3 heterocycles. The second kappa shape index (κ2) is 9.77. The Kier molecular flexibility index (Phi) is 6.49. The molecule has 3 aromatic heterocycles. The van der Waals surface area contributed by atoms with Gasteiger partial charge in [0.05, 0.1) is 35.1 Å². The van der Waals surface area contributed by atoms with Crippen LogP contribution in [0.1, 0.15) is 84.7 Å². The monoisotopic (exact) mass is 551 g/mol. The molecule has 3 aromatic rings. The van der Waals surface area contributed by atoms with E-state index < -0.39 is 11.5 Å². The molecule has 214 valence electrons. The van der Waals surface area contributed by atoms with Crippen molar-refractivity contribution in [3.8, 4) is 11.6 Å². The number of nitrogens with one attached hydrogen (secondary N) is 1. The first-order valence-electron chi connectivity index (χ1n) is 13.9. The summed E-state index contributed by atoms with van der Waals surface area (Å²) in [5.41, 5.74) is 12.8. The lowest BCUT2D eigenvalue weighted by Crippen LogP contribution is -2.58. The van der Waals surface area contributed by atoms with Crippen LogP contribution in [-0.2, 0) is 6.54 Å². The van der Waals surface area contributed by atoms with Crippen LogP contribution in [0.5, 0.6) is 11.6 Å². The number of aliphatic hydroxyl groups is 1. The highest BCUT2D eigenvalue weighted by molar-refractivity contribution is 6.01. The third-order valence-electron chi connectivity index (χ3n) is 8.11. The number of primary amides is 1. The predicted molar refractivity (Wildman–Crippen MR) is 145 cm³/mol. The number of ether oxygens (including phenoxy) is 2. The summed E-state index contributed by atoms with van der Waals surface area (Å²) in [6, 6.07) is 3.83. The van der Waals surface area contributed by atoms with E-state index in [1.165, 1.54) is 0 Å². The van der Waals surface area contributed by atoms with E-state index in [1.807, 2.05) is 16.6 Å². The molecule has 3 aliphatic rings. The quantitative estimate of drug-likeness (QED) is 0.279. The molecule has 0 unspecified atom stereocenters. The van der Waals surface area contributed by atoms with E-state index in [1.54, 1.807) is 30.9 Å². The summed E-state index contributed by atoms with van der Waals surface area (Å²) in [6.45, 7) is 4.46. The first kappa shape index (κ1) is 26.6. The van der Waals surface area contributed by atoms with Crippen LogP contribution < -0.4 is 26.3 Å². The van der Waals surface area contributed by atoms with Crippen LogP contribution >= 0.6 is 0 Å². The molecule has 1 spiro atoms. The van der Waals surface area contributed by atoms with Gasteiger partial charge in [-0.3, -0.25) is 14.3 Å². The SMILES string of the molecule is CC(C)(O)COc1ccc2c(C(=O)NC3CC4(C3)CC(Oc3nn(CCN)cc3C(N)=O)C4)cnn2c1C1CC1. The van der Waals surface area contributed by atoms with Gasteiger partial charge in [-0.05, 0) is 69.9 Å². The average Bonchev–Trinajstić information content (AvgIpc) is 3.45. The van der Waals surface area contributed by atoms with Gasteiger partial charge < -0.3 is 31.4 Å². The first-order valence-corrected chi connectivity index (χ1v) is 13.9. The number of nitrogens with zero attached hydrogens (tertiary/aromatic N) is 4. The van der Waals surface area contributed by atoms with Gasteiger partial charge in [0.15, 0.2) is 0 Å². The van der Waals surface area contributed by atoms with Crippen molar-refractivity contribution in [3.63, 3.8) is 0 Å². The fraction of sp³-hybridized carbons (Fsp3) is 0.571. The van der Waals surface area contributed by atoms with Crippen LogP contribution in [-0.4, -0.2) is 67.2 Å². The van der Waals surface area contributed by atoms with E-state index in [9.17, 15) is 14.7 Å². The predicted octanol–water partition coefficient (Wildman–Crippen LogP) is 1.74. The Morgan fingerprint density at radius 1 is 1.20 bits per heavy atom. The Morgan fingerprint density at radius 2 is 1.95 bits per heavy atom. The lowest BCUT2D eigenvalue weighted by atomic mass is 9.53. The van der Waals surface area contributed by atoms with Crippen molar-refractivity contribution in [1.82, 2.24) is 24.7 Å². The number of hydrogen-bond acceptors (Lipinski definition) is 8.